The lowest BCUT2D eigenvalue weighted by Gasteiger charge is -2.16. The molecule has 0 rings (SSSR count). The van der Waals surface area contributed by atoms with Crippen LogP contribution in [0.5, 0.6) is 0 Å². The number of hydrogen-bond acceptors (Lipinski definition) is 2. The Balaban J connectivity index is 3.98. The third-order valence-corrected chi connectivity index (χ3v) is 1.28. The van der Waals surface area contributed by atoms with Crippen molar-refractivity contribution in [2.24, 2.45) is 10.1 Å². The molecule has 0 spiro atoms. The third-order valence-electron chi connectivity index (χ3n) is 1.28. The number of aliphatic imine (C=N–C) groups is 1. The second-order valence-corrected chi connectivity index (χ2v) is 2.47. The summed E-state index contributed by atoms with van der Waals surface area (Å²) in [6.45, 7) is 9.33. The molecule has 0 saturated heterocycles. The lowest BCUT2D eigenvalue weighted by Crippen LogP contribution is -2.21. The molecule has 0 fully saturated rings. The van der Waals surface area contributed by atoms with Crippen LogP contribution in [-0.2, 0) is 0 Å². The van der Waals surface area contributed by atoms with E-state index in [1.165, 1.54) is 0 Å². The van der Waals surface area contributed by atoms with Crippen LogP contribution >= 0.6 is 0 Å². The van der Waals surface area contributed by atoms with Crippen LogP contribution in [0.25, 0.3) is 0 Å². The first-order valence-corrected chi connectivity index (χ1v) is 3.32. The molecule has 0 heterocycles. The highest BCUT2D eigenvalue weighted by molar-refractivity contribution is 5.83. The van der Waals surface area contributed by atoms with E-state index in [1.54, 1.807) is 0 Å². The lowest BCUT2D eigenvalue weighted by atomic mass is 10.4. The Bertz CT molecular complexity index is 138. The van der Waals surface area contributed by atoms with Crippen LogP contribution < -0.4 is 0 Å². The monoisotopic (exact) mass is 141 g/mol. The zero-order valence-electron chi connectivity index (χ0n) is 7.13. The maximum absolute atomic E-state index is 4.12. The first-order valence-electron chi connectivity index (χ1n) is 3.32. The van der Waals surface area contributed by atoms with E-state index in [4.69, 9.17) is 0 Å². The van der Waals surface area contributed by atoms with Crippen molar-refractivity contribution in [3.8, 4) is 0 Å². The predicted molar refractivity (Wildman–Crippen MR) is 45.6 cm³/mol. The van der Waals surface area contributed by atoms with E-state index in [0.717, 1.165) is 0 Å². The molecule has 0 aliphatic rings. The topological polar surface area (TPSA) is 28.0 Å². The summed E-state index contributed by atoms with van der Waals surface area (Å²) in [5, 5.41) is 5.97. The van der Waals surface area contributed by atoms with Crippen LogP contribution in [0, 0.1) is 0 Å². The highest BCUT2D eigenvalue weighted by Crippen LogP contribution is 1.94. The van der Waals surface area contributed by atoms with Gasteiger partial charge in [-0.05, 0) is 27.5 Å². The van der Waals surface area contributed by atoms with Gasteiger partial charge in [-0.15, -0.1) is 0 Å². The minimum absolute atomic E-state index is 0.414. The Labute approximate surface area is 62.4 Å². The van der Waals surface area contributed by atoms with Crippen LogP contribution in [0.4, 0.5) is 0 Å². The van der Waals surface area contributed by atoms with Crippen molar-refractivity contribution in [3.63, 3.8) is 0 Å². The van der Waals surface area contributed by atoms with Gasteiger partial charge in [0.15, 0.2) is 0 Å². The molecule has 0 aromatic rings. The van der Waals surface area contributed by atoms with E-state index >= 15 is 0 Å². The van der Waals surface area contributed by atoms with Gasteiger partial charge in [0.25, 0.3) is 0 Å². The Morgan fingerprint density at radius 3 is 2.30 bits per heavy atom. The predicted octanol–water partition coefficient (Wildman–Crippen LogP) is 1.36. The highest BCUT2D eigenvalue weighted by atomic mass is 15.5. The molecular formula is C7H15N3. The first-order chi connectivity index (χ1) is 4.57. The van der Waals surface area contributed by atoms with Gasteiger partial charge >= 0.3 is 0 Å². The third kappa shape index (κ3) is 3.22. The van der Waals surface area contributed by atoms with E-state index in [-0.39, 0.29) is 0 Å². The molecule has 10 heavy (non-hydrogen) atoms. The van der Waals surface area contributed by atoms with Gasteiger partial charge in [-0.1, -0.05) is 0 Å². The van der Waals surface area contributed by atoms with Crippen LogP contribution in [0.2, 0.25) is 0 Å². The second-order valence-electron chi connectivity index (χ2n) is 2.47. The normalized spacial score (nSPS) is 11.9. The summed E-state index contributed by atoms with van der Waals surface area (Å²) in [6.07, 6.45) is 0. The average Bonchev–Trinajstić information content (AvgIpc) is 1.87. The largest absolute Gasteiger partial charge is 0.296 e. The molecule has 58 valence electrons. The van der Waals surface area contributed by atoms with Crippen molar-refractivity contribution in [2.75, 3.05) is 7.05 Å². The van der Waals surface area contributed by atoms with Gasteiger partial charge in [0, 0.05) is 13.1 Å². The zero-order chi connectivity index (χ0) is 8.15. The van der Waals surface area contributed by atoms with Crippen molar-refractivity contribution in [2.45, 2.75) is 26.8 Å². The van der Waals surface area contributed by atoms with E-state index < -0.39 is 0 Å². The molecule has 0 amide bonds. The van der Waals surface area contributed by atoms with Gasteiger partial charge in [-0.2, -0.15) is 5.10 Å². The molecule has 0 aliphatic carbocycles. The molecule has 0 aliphatic heterocycles. The van der Waals surface area contributed by atoms with Crippen molar-refractivity contribution in [1.29, 1.82) is 0 Å². The van der Waals surface area contributed by atoms with Gasteiger partial charge < -0.3 is 0 Å². The molecule has 3 nitrogen and oxygen atoms in total. The van der Waals surface area contributed by atoms with Crippen LogP contribution in [0.1, 0.15) is 20.8 Å². The van der Waals surface area contributed by atoms with Crippen molar-refractivity contribution < 1.29 is 0 Å². The van der Waals surface area contributed by atoms with Gasteiger partial charge in [-0.3, -0.25) is 5.01 Å². The van der Waals surface area contributed by atoms with Crippen LogP contribution in [0.3, 0.4) is 0 Å². The molecule has 0 N–H and O–H groups in total. The fourth-order valence-electron chi connectivity index (χ4n) is 0.375. The minimum Gasteiger partial charge on any atom is -0.296 e. The highest BCUT2D eigenvalue weighted by Gasteiger charge is 1.97. The fourth-order valence-corrected chi connectivity index (χ4v) is 0.375. The molecule has 0 atom stereocenters. The number of hydrazone groups is 1. The summed E-state index contributed by atoms with van der Waals surface area (Å²) < 4.78 is 0. The van der Waals surface area contributed by atoms with Crippen LogP contribution in [-0.4, -0.2) is 30.7 Å². The van der Waals surface area contributed by atoms with Gasteiger partial charge in [0.05, 0.1) is 0 Å². The van der Waals surface area contributed by atoms with E-state index in [9.17, 15) is 0 Å². The number of hydrogen-bond donors (Lipinski definition) is 0. The Morgan fingerprint density at radius 1 is 1.50 bits per heavy atom. The standard InChI is InChI=1S/C7H15N3/c1-6(2)10(5)9-7(3)8-4/h6H,4H2,1-3,5H3/b9-7-. The molecular weight excluding hydrogens is 126 g/mol. The Hall–Kier alpha value is -0.860. The van der Waals surface area contributed by atoms with E-state index in [1.807, 2.05) is 19.0 Å². The van der Waals surface area contributed by atoms with Crippen LogP contribution in [0.15, 0.2) is 10.1 Å². The summed E-state index contributed by atoms with van der Waals surface area (Å²) in [5.41, 5.74) is 0. The fraction of sp³-hybridized carbons (Fsp3) is 0.714. The second kappa shape index (κ2) is 4.04. The Morgan fingerprint density at radius 2 is 2.00 bits per heavy atom. The van der Waals surface area contributed by atoms with Crippen molar-refractivity contribution in [1.82, 2.24) is 5.01 Å². The van der Waals surface area contributed by atoms with Gasteiger partial charge in [0.1, 0.15) is 5.84 Å². The van der Waals surface area contributed by atoms with E-state index in [2.05, 4.69) is 30.7 Å². The molecule has 0 bridgehead atoms. The maximum atomic E-state index is 4.12. The number of nitrogens with zero attached hydrogens (tertiary/aromatic N) is 3. The van der Waals surface area contributed by atoms with E-state index in [0.29, 0.717) is 11.9 Å². The zero-order valence-corrected chi connectivity index (χ0v) is 7.13. The Kier molecular flexibility index (Phi) is 3.69. The molecule has 0 unspecified atom stereocenters. The molecule has 0 saturated carbocycles. The smallest absolute Gasteiger partial charge is 0.144 e. The summed E-state index contributed by atoms with van der Waals surface area (Å²) >= 11 is 0. The molecule has 3 heteroatoms. The minimum atomic E-state index is 0.414. The average molecular weight is 141 g/mol. The molecule has 0 radical (unpaired) electrons. The lowest BCUT2D eigenvalue weighted by molar-refractivity contribution is 0.288. The van der Waals surface area contributed by atoms with Gasteiger partial charge in [-0.25, -0.2) is 4.99 Å². The van der Waals surface area contributed by atoms with Crippen molar-refractivity contribution >= 4 is 12.6 Å². The quantitative estimate of drug-likeness (QED) is 0.324. The first kappa shape index (κ1) is 9.14. The maximum Gasteiger partial charge on any atom is 0.144 e. The van der Waals surface area contributed by atoms with Crippen molar-refractivity contribution in [3.05, 3.63) is 0 Å². The summed E-state index contributed by atoms with van der Waals surface area (Å²) in [5.74, 6) is 0.705. The molecule has 0 aromatic carbocycles. The number of amidine groups is 1. The summed E-state index contributed by atoms with van der Waals surface area (Å²) in [7, 11) is 1.92. The number of rotatable bonds is 2. The SMILES string of the molecule is C=N/C(C)=N\N(C)C(C)C. The summed E-state index contributed by atoms with van der Waals surface area (Å²) in [4.78, 5) is 3.67. The summed E-state index contributed by atoms with van der Waals surface area (Å²) in [6, 6.07) is 0.414. The van der Waals surface area contributed by atoms with Gasteiger partial charge in [0.2, 0.25) is 0 Å². The molecule has 0 aromatic heterocycles.